The lowest BCUT2D eigenvalue weighted by atomic mass is 9.98. The highest BCUT2D eigenvalue weighted by molar-refractivity contribution is 6.36. The molecule has 5 rings (SSSR count). The molecule has 2 amide bonds. The van der Waals surface area contributed by atoms with Gasteiger partial charge in [0.25, 0.3) is 5.91 Å². The molecule has 11 heteroatoms. The number of amides is 2. The van der Waals surface area contributed by atoms with Gasteiger partial charge in [0.1, 0.15) is 11.5 Å². The van der Waals surface area contributed by atoms with Crippen molar-refractivity contribution in [2.45, 2.75) is 19.9 Å². The monoisotopic (exact) mass is 486 g/mol. The van der Waals surface area contributed by atoms with E-state index in [-0.39, 0.29) is 46.8 Å². The van der Waals surface area contributed by atoms with Crippen molar-refractivity contribution in [3.8, 4) is 22.9 Å². The van der Waals surface area contributed by atoms with Crippen LogP contribution < -0.4 is 20.1 Å². The Labute approximate surface area is 198 Å². The predicted molar refractivity (Wildman–Crippen MR) is 122 cm³/mol. The Morgan fingerprint density at radius 2 is 2.09 bits per heavy atom. The molecule has 0 aliphatic carbocycles. The highest BCUT2D eigenvalue weighted by Crippen LogP contribution is 2.40. The van der Waals surface area contributed by atoms with E-state index in [1.807, 2.05) is 6.92 Å². The third-order valence-corrected chi connectivity index (χ3v) is 6.31. The van der Waals surface area contributed by atoms with E-state index in [0.29, 0.717) is 40.8 Å². The fourth-order valence-electron chi connectivity index (χ4n) is 4.00. The minimum atomic E-state index is -0.662. The molecule has 2 unspecified atom stereocenters. The van der Waals surface area contributed by atoms with E-state index < -0.39 is 11.9 Å². The van der Waals surface area contributed by atoms with Crippen LogP contribution in [0.15, 0.2) is 24.5 Å². The van der Waals surface area contributed by atoms with Crippen LogP contribution in [0.25, 0.3) is 21.9 Å². The number of halogens is 2. The number of nitrogens with zero attached hydrogens (tertiary/aromatic N) is 2. The summed E-state index contributed by atoms with van der Waals surface area (Å²) in [4.78, 5) is 32.3. The van der Waals surface area contributed by atoms with Gasteiger partial charge >= 0.3 is 6.09 Å². The molecule has 3 aromatic rings. The Kier molecular flexibility index (Phi) is 5.70. The number of pyridine rings is 2. The van der Waals surface area contributed by atoms with Gasteiger partial charge in [-0.15, -0.1) is 0 Å². The van der Waals surface area contributed by atoms with Crippen LogP contribution in [0.4, 0.5) is 14.9 Å². The largest absolute Gasteiger partial charge is 0.466 e. The minimum absolute atomic E-state index is 0.0335. The number of hydrogen-bond acceptors (Lipinski definition) is 7. The van der Waals surface area contributed by atoms with Crippen LogP contribution in [0.1, 0.15) is 12.5 Å². The Morgan fingerprint density at radius 3 is 2.85 bits per heavy atom. The normalized spacial score (nSPS) is 19.4. The summed E-state index contributed by atoms with van der Waals surface area (Å²) in [6.45, 7) is 4.55. The molecule has 34 heavy (non-hydrogen) atoms. The molecule has 2 aliphatic heterocycles. The van der Waals surface area contributed by atoms with E-state index in [2.05, 4.69) is 20.6 Å². The first-order chi connectivity index (χ1) is 16.3. The molecular weight excluding hydrogens is 467 g/mol. The average molecular weight is 487 g/mol. The molecule has 1 aromatic carbocycles. The summed E-state index contributed by atoms with van der Waals surface area (Å²) in [5, 5.41) is 6.19. The van der Waals surface area contributed by atoms with Crippen molar-refractivity contribution < 1.29 is 28.2 Å². The van der Waals surface area contributed by atoms with Gasteiger partial charge in [-0.1, -0.05) is 18.5 Å². The van der Waals surface area contributed by atoms with Gasteiger partial charge in [0, 0.05) is 40.9 Å². The summed E-state index contributed by atoms with van der Waals surface area (Å²) in [5.41, 5.74) is 1.55. The molecule has 0 bridgehead atoms. The first kappa shape index (κ1) is 22.3. The first-order valence-corrected chi connectivity index (χ1v) is 11.0. The van der Waals surface area contributed by atoms with Crippen molar-refractivity contribution in [2.75, 3.05) is 25.1 Å². The summed E-state index contributed by atoms with van der Waals surface area (Å²) in [6, 6.07) is 2.93. The minimum Gasteiger partial charge on any atom is -0.466 e. The lowest BCUT2D eigenvalue weighted by Gasteiger charge is -2.21. The molecular formula is C23H20ClFN4O5. The quantitative estimate of drug-likeness (QED) is 0.578. The Hall–Kier alpha value is -3.50. The van der Waals surface area contributed by atoms with Gasteiger partial charge in [-0.05, 0) is 23.9 Å². The van der Waals surface area contributed by atoms with E-state index in [0.717, 1.165) is 0 Å². The molecule has 0 saturated carbocycles. The number of fused-ring (bicyclic) bond motifs is 2. The number of nitrogens with one attached hydrogen (secondary N) is 2. The second-order valence-corrected chi connectivity index (χ2v) is 8.64. The number of carbonyl (C=O) groups is 2. The number of anilines is 1. The van der Waals surface area contributed by atoms with Crippen molar-refractivity contribution >= 4 is 40.1 Å². The van der Waals surface area contributed by atoms with E-state index in [1.54, 1.807) is 13.0 Å². The van der Waals surface area contributed by atoms with Crippen LogP contribution in [-0.2, 0) is 9.53 Å². The Bertz CT molecular complexity index is 1330. The van der Waals surface area contributed by atoms with E-state index in [4.69, 9.17) is 25.8 Å². The molecule has 4 heterocycles. The van der Waals surface area contributed by atoms with Crippen LogP contribution in [0.5, 0.6) is 11.8 Å². The number of ether oxygens (including phenoxy) is 3. The van der Waals surface area contributed by atoms with Crippen molar-refractivity contribution in [1.82, 2.24) is 15.3 Å². The second kappa shape index (κ2) is 8.69. The number of rotatable bonds is 3. The maximum atomic E-state index is 15.3. The Balaban J connectivity index is 1.49. The molecule has 0 spiro atoms. The maximum absolute atomic E-state index is 15.3. The van der Waals surface area contributed by atoms with Crippen molar-refractivity contribution in [1.29, 1.82) is 0 Å². The Morgan fingerprint density at radius 1 is 1.26 bits per heavy atom. The molecule has 1 saturated heterocycles. The molecule has 2 aromatic heterocycles. The van der Waals surface area contributed by atoms with E-state index in [9.17, 15) is 9.59 Å². The highest BCUT2D eigenvalue weighted by atomic mass is 35.5. The third kappa shape index (κ3) is 3.99. The van der Waals surface area contributed by atoms with Crippen LogP contribution in [0.2, 0.25) is 5.02 Å². The van der Waals surface area contributed by atoms with Crippen LogP contribution in [-0.4, -0.2) is 47.8 Å². The summed E-state index contributed by atoms with van der Waals surface area (Å²) in [6.07, 6.45) is 2.15. The SMILES string of the molecule is Cc1c(-c2cc3cc(OC(=O)NC4COCC4C)ncc3c(Cl)c2F)cnc2c1NC(=O)CO2. The third-order valence-electron chi connectivity index (χ3n) is 5.94. The topological polar surface area (TPSA) is 112 Å². The fraction of sp³-hybridized carbons (Fsp3) is 0.304. The summed E-state index contributed by atoms with van der Waals surface area (Å²) in [7, 11) is 0. The maximum Gasteiger partial charge on any atom is 0.414 e. The first-order valence-electron chi connectivity index (χ1n) is 10.6. The zero-order valence-electron chi connectivity index (χ0n) is 18.3. The van der Waals surface area contributed by atoms with Crippen LogP contribution in [0.3, 0.4) is 0 Å². The van der Waals surface area contributed by atoms with Gasteiger partial charge in [0.15, 0.2) is 6.61 Å². The van der Waals surface area contributed by atoms with Crippen LogP contribution in [0, 0.1) is 18.7 Å². The average Bonchev–Trinajstić information content (AvgIpc) is 3.21. The van der Waals surface area contributed by atoms with Crippen molar-refractivity contribution in [3.05, 3.63) is 40.9 Å². The molecule has 1 fully saturated rings. The van der Waals surface area contributed by atoms with Crippen molar-refractivity contribution in [3.63, 3.8) is 0 Å². The van der Waals surface area contributed by atoms with Gasteiger partial charge in [-0.2, -0.15) is 0 Å². The van der Waals surface area contributed by atoms with Gasteiger partial charge in [-0.25, -0.2) is 19.2 Å². The summed E-state index contributed by atoms with van der Waals surface area (Å²) >= 11 is 6.32. The number of aromatic nitrogens is 2. The molecule has 0 radical (unpaired) electrons. The molecule has 9 nitrogen and oxygen atoms in total. The summed E-state index contributed by atoms with van der Waals surface area (Å²) < 4.78 is 31.3. The number of hydrogen-bond donors (Lipinski definition) is 2. The van der Waals surface area contributed by atoms with Gasteiger partial charge in [0.05, 0.1) is 24.3 Å². The standard InChI is InChI=1S/C23H20ClFN4O5/c1-10-7-32-8-16(10)28-23(31)34-18-4-12-3-13(20(25)19(24)15(12)6-26-18)14-5-27-22-21(11(14)2)29-17(30)9-33-22/h3-6,10,16H,7-9H2,1-2H3,(H,28,31)(H,29,30). The molecule has 2 N–H and O–H groups in total. The van der Waals surface area contributed by atoms with Gasteiger partial charge in [-0.3, -0.25) is 4.79 Å². The highest BCUT2D eigenvalue weighted by Gasteiger charge is 2.27. The summed E-state index contributed by atoms with van der Waals surface area (Å²) in [5.74, 6) is -0.515. The molecule has 176 valence electrons. The lowest BCUT2D eigenvalue weighted by molar-refractivity contribution is -0.118. The zero-order valence-corrected chi connectivity index (χ0v) is 19.0. The molecule has 2 atom stereocenters. The van der Waals surface area contributed by atoms with Crippen molar-refractivity contribution in [2.24, 2.45) is 5.92 Å². The second-order valence-electron chi connectivity index (χ2n) is 8.26. The molecule has 2 aliphatic rings. The predicted octanol–water partition coefficient (Wildman–Crippen LogP) is 3.85. The van der Waals surface area contributed by atoms with Crippen LogP contribution >= 0.6 is 11.6 Å². The van der Waals surface area contributed by atoms with Gasteiger partial charge in [0.2, 0.25) is 11.8 Å². The number of benzene rings is 1. The fourth-order valence-corrected chi connectivity index (χ4v) is 4.26. The van der Waals surface area contributed by atoms with E-state index >= 15 is 4.39 Å². The van der Waals surface area contributed by atoms with Gasteiger partial charge < -0.3 is 24.8 Å². The lowest BCUT2D eigenvalue weighted by Crippen LogP contribution is -2.40. The number of carbonyl (C=O) groups excluding carboxylic acids is 2. The zero-order chi connectivity index (χ0) is 24.0. The smallest absolute Gasteiger partial charge is 0.414 e. The van der Waals surface area contributed by atoms with E-state index in [1.165, 1.54) is 18.5 Å².